The summed E-state index contributed by atoms with van der Waals surface area (Å²) in [5, 5.41) is 13.0. The van der Waals surface area contributed by atoms with Crippen molar-refractivity contribution in [3.8, 4) is 11.1 Å². The molecule has 1 amide bonds. The molecule has 0 heterocycles. The first-order valence-corrected chi connectivity index (χ1v) is 10.0. The van der Waals surface area contributed by atoms with Crippen LogP contribution in [0, 0.1) is 0 Å². The summed E-state index contributed by atoms with van der Waals surface area (Å²) in [6.45, 7) is 0.389. The van der Waals surface area contributed by atoms with Gasteiger partial charge in [0.15, 0.2) is 0 Å². The Morgan fingerprint density at radius 1 is 0.966 bits per heavy atom. The number of carbonyl (C=O) groups excluding carboxylic acids is 1. The number of hydrogen-bond donors (Lipinski definition) is 2. The highest BCUT2D eigenvalue weighted by Gasteiger charge is 2.29. The van der Waals surface area contributed by atoms with Gasteiger partial charge in [-0.25, -0.2) is 4.79 Å². The van der Waals surface area contributed by atoms with Gasteiger partial charge in [0.25, 0.3) is 0 Å². The lowest BCUT2D eigenvalue weighted by Crippen LogP contribution is -2.31. The van der Waals surface area contributed by atoms with Crippen LogP contribution in [-0.2, 0) is 4.74 Å². The Balaban J connectivity index is 1.40. The van der Waals surface area contributed by atoms with Crippen molar-refractivity contribution in [2.24, 2.45) is 0 Å². The molecule has 4 rings (SSSR count). The van der Waals surface area contributed by atoms with E-state index in [4.69, 9.17) is 16.3 Å². The van der Waals surface area contributed by atoms with Gasteiger partial charge in [-0.15, -0.1) is 0 Å². The molecule has 1 aliphatic carbocycles. The maximum Gasteiger partial charge on any atom is 0.407 e. The molecule has 0 spiro atoms. The third-order valence-corrected chi connectivity index (χ3v) is 5.75. The Morgan fingerprint density at radius 2 is 1.55 bits per heavy atom. The predicted molar refractivity (Wildman–Crippen MR) is 114 cm³/mol. The van der Waals surface area contributed by atoms with E-state index in [2.05, 4.69) is 29.6 Å². The third-order valence-electron chi connectivity index (χ3n) is 5.40. The van der Waals surface area contributed by atoms with Crippen molar-refractivity contribution < 1.29 is 14.6 Å². The fourth-order valence-corrected chi connectivity index (χ4v) is 4.23. The SMILES string of the molecule is O=C(NCC(CO)c1ccccc1Cl)OCC1c2ccccc2-c2ccccc21. The number of ether oxygens (including phenoxy) is 1. The zero-order valence-electron chi connectivity index (χ0n) is 15.8. The number of rotatable bonds is 6. The molecule has 4 nitrogen and oxygen atoms in total. The minimum atomic E-state index is -0.502. The van der Waals surface area contributed by atoms with Gasteiger partial charge < -0.3 is 15.2 Å². The van der Waals surface area contributed by atoms with E-state index in [0.717, 1.165) is 5.56 Å². The number of halogens is 1. The normalized spacial score (nSPS) is 13.4. The smallest absolute Gasteiger partial charge is 0.407 e. The van der Waals surface area contributed by atoms with Crippen LogP contribution in [0.3, 0.4) is 0 Å². The van der Waals surface area contributed by atoms with Crippen LogP contribution in [0.25, 0.3) is 11.1 Å². The molecule has 1 aliphatic rings. The molecular weight excluding hydrogens is 386 g/mol. The van der Waals surface area contributed by atoms with Crippen LogP contribution in [0.2, 0.25) is 5.02 Å². The molecule has 0 aliphatic heterocycles. The number of hydrogen-bond acceptors (Lipinski definition) is 3. The zero-order valence-corrected chi connectivity index (χ0v) is 16.6. The van der Waals surface area contributed by atoms with Gasteiger partial charge in [-0.2, -0.15) is 0 Å². The highest BCUT2D eigenvalue weighted by atomic mass is 35.5. The number of aliphatic hydroxyl groups excluding tert-OH is 1. The summed E-state index contributed by atoms with van der Waals surface area (Å²) in [5.74, 6) is -0.269. The predicted octanol–water partition coefficient (Wildman–Crippen LogP) is 4.95. The first-order valence-electron chi connectivity index (χ1n) is 9.63. The zero-order chi connectivity index (χ0) is 20.2. The van der Waals surface area contributed by atoms with Gasteiger partial charge >= 0.3 is 6.09 Å². The lowest BCUT2D eigenvalue weighted by atomic mass is 9.98. The van der Waals surface area contributed by atoms with E-state index in [1.54, 1.807) is 6.07 Å². The molecule has 0 aromatic heterocycles. The van der Waals surface area contributed by atoms with Crippen LogP contribution in [-0.4, -0.2) is 31.0 Å². The van der Waals surface area contributed by atoms with Crippen molar-refractivity contribution in [3.05, 3.63) is 94.5 Å². The number of alkyl carbamates (subject to hydrolysis) is 1. The molecule has 29 heavy (non-hydrogen) atoms. The Bertz CT molecular complexity index is 975. The molecule has 0 saturated heterocycles. The fraction of sp³-hybridized carbons (Fsp3) is 0.208. The van der Waals surface area contributed by atoms with Gasteiger partial charge in [-0.1, -0.05) is 78.3 Å². The number of amides is 1. The lowest BCUT2D eigenvalue weighted by Gasteiger charge is -2.18. The highest BCUT2D eigenvalue weighted by molar-refractivity contribution is 6.31. The van der Waals surface area contributed by atoms with Crippen molar-refractivity contribution in [2.75, 3.05) is 19.8 Å². The first kappa shape index (κ1) is 19.5. The lowest BCUT2D eigenvalue weighted by molar-refractivity contribution is 0.141. The van der Waals surface area contributed by atoms with Crippen LogP contribution in [0.1, 0.15) is 28.5 Å². The molecular formula is C24H22ClNO3. The molecule has 0 bridgehead atoms. The van der Waals surface area contributed by atoms with Crippen LogP contribution in [0.4, 0.5) is 4.79 Å². The number of aliphatic hydroxyl groups is 1. The summed E-state index contributed by atoms with van der Waals surface area (Å²) < 4.78 is 5.54. The van der Waals surface area contributed by atoms with E-state index in [1.807, 2.05) is 42.5 Å². The Morgan fingerprint density at radius 3 is 2.17 bits per heavy atom. The minimum Gasteiger partial charge on any atom is -0.449 e. The van der Waals surface area contributed by atoms with Gasteiger partial charge in [0, 0.05) is 23.4 Å². The van der Waals surface area contributed by atoms with Gasteiger partial charge in [0.2, 0.25) is 0 Å². The van der Waals surface area contributed by atoms with Crippen molar-refractivity contribution >= 4 is 17.7 Å². The second-order valence-corrected chi connectivity index (χ2v) is 7.51. The molecule has 1 unspecified atom stereocenters. The Kier molecular flexibility index (Phi) is 5.84. The molecule has 5 heteroatoms. The summed E-state index contributed by atoms with van der Waals surface area (Å²) in [7, 11) is 0. The molecule has 0 fully saturated rings. The Labute approximate surface area is 175 Å². The summed E-state index contributed by atoms with van der Waals surface area (Å²) in [6.07, 6.45) is -0.502. The van der Waals surface area contributed by atoms with Gasteiger partial charge in [0.1, 0.15) is 6.61 Å². The molecule has 2 N–H and O–H groups in total. The number of carbonyl (C=O) groups is 1. The first-order chi connectivity index (χ1) is 14.2. The van der Waals surface area contributed by atoms with Crippen molar-refractivity contribution in [1.82, 2.24) is 5.32 Å². The molecule has 0 saturated carbocycles. The molecule has 3 aromatic carbocycles. The maximum absolute atomic E-state index is 12.3. The van der Waals surface area contributed by atoms with Crippen LogP contribution in [0.5, 0.6) is 0 Å². The second-order valence-electron chi connectivity index (χ2n) is 7.11. The molecule has 1 atom stereocenters. The van der Waals surface area contributed by atoms with Crippen LogP contribution in [0.15, 0.2) is 72.8 Å². The van der Waals surface area contributed by atoms with Crippen LogP contribution >= 0.6 is 11.6 Å². The number of fused-ring (bicyclic) bond motifs is 3. The van der Waals surface area contributed by atoms with Gasteiger partial charge in [0.05, 0.1) is 6.61 Å². The molecule has 0 radical (unpaired) electrons. The fourth-order valence-electron chi connectivity index (χ4n) is 3.94. The minimum absolute atomic E-state index is 0.0188. The maximum atomic E-state index is 12.3. The van der Waals surface area contributed by atoms with E-state index in [-0.39, 0.29) is 31.6 Å². The summed E-state index contributed by atoms with van der Waals surface area (Å²) in [4.78, 5) is 12.3. The monoisotopic (exact) mass is 407 g/mol. The topological polar surface area (TPSA) is 58.6 Å². The van der Waals surface area contributed by atoms with E-state index in [0.29, 0.717) is 5.02 Å². The standard InChI is InChI=1S/C24H22ClNO3/c25-23-12-6-5-7-17(23)16(14-27)13-26-24(28)29-15-22-20-10-3-1-8-18(20)19-9-2-4-11-21(19)22/h1-12,16,22,27H,13-15H2,(H,26,28). The average Bonchev–Trinajstić information content (AvgIpc) is 3.08. The van der Waals surface area contributed by atoms with Crippen molar-refractivity contribution in [3.63, 3.8) is 0 Å². The Hall–Kier alpha value is -2.82. The van der Waals surface area contributed by atoms with E-state index >= 15 is 0 Å². The van der Waals surface area contributed by atoms with Gasteiger partial charge in [-0.3, -0.25) is 0 Å². The second kappa shape index (κ2) is 8.68. The van der Waals surface area contributed by atoms with E-state index in [1.165, 1.54) is 22.3 Å². The van der Waals surface area contributed by atoms with Crippen LogP contribution < -0.4 is 5.32 Å². The third kappa shape index (κ3) is 4.00. The van der Waals surface area contributed by atoms with Crippen molar-refractivity contribution in [1.29, 1.82) is 0 Å². The quantitative estimate of drug-likeness (QED) is 0.607. The largest absolute Gasteiger partial charge is 0.449 e. The average molecular weight is 408 g/mol. The molecule has 148 valence electrons. The summed E-state index contributed by atoms with van der Waals surface area (Å²) in [5.41, 5.74) is 5.53. The van der Waals surface area contributed by atoms with Crippen molar-refractivity contribution in [2.45, 2.75) is 11.8 Å². The molecule has 3 aromatic rings. The number of benzene rings is 3. The summed E-state index contributed by atoms with van der Waals surface area (Å²) >= 11 is 6.20. The number of nitrogens with one attached hydrogen (secondary N) is 1. The highest BCUT2D eigenvalue weighted by Crippen LogP contribution is 2.44. The van der Waals surface area contributed by atoms with E-state index < -0.39 is 6.09 Å². The van der Waals surface area contributed by atoms with E-state index in [9.17, 15) is 9.90 Å². The van der Waals surface area contributed by atoms with Gasteiger partial charge in [-0.05, 0) is 33.9 Å². The summed E-state index contributed by atoms with van der Waals surface area (Å²) in [6, 6.07) is 23.7.